The highest BCUT2D eigenvalue weighted by Gasteiger charge is 2.30. The number of fused-ring (bicyclic) bond motifs is 2. The zero-order valence-corrected chi connectivity index (χ0v) is 17.7. The summed E-state index contributed by atoms with van der Waals surface area (Å²) in [5.41, 5.74) is 4.95. The maximum atomic E-state index is 6.08. The molecule has 0 fully saturated rings. The number of benzene rings is 2. The van der Waals surface area contributed by atoms with Crippen molar-refractivity contribution in [2.45, 2.75) is 57.9 Å². The van der Waals surface area contributed by atoms with Gasteiger partial charge in [-0.15, -0.1) is 0 Å². The first kappa shape index (κ1) is 19.0. The summed E-state index contributed by atoms with van der Waals surface area (Å²) in [5, 5.41) is 7.12. The molecular weight excluding hydrogens is 348 g/mol. The molecule has 0 bridgehead atoms. The van der Waals surface area contributed by atoms with Gasteiger partial charge in [0.25, 0.3) is 0 Å². The van der Waals surface area contributed by atoms with Crippen LogP contribution in [0.5, 0.6) is 11.5 Å². The van der Waals surface area contributed by atoms with Gasteiger partial charge in [-0.25, -0.2) is 0 Å². The molecule has 0 aliphatic carbocycles. The van der Waals surface area contributed by atoms with Gasteiger partial charge >= 0.3 is 0 Å². The monoisotopic (exact) mass is 380 g/mol. The topological polar surface area (TPSA) is 42.5 Å². The lowest BCUT2D eigenvalue weighted by Crippen LogP contribution is -2.37. The van der Waals surface area contributed by atoms with E-state index in [1.54, 1.807) is 0 Å². The van der Waals surface area contributed by atoms with E-state index in [-0.39, 0.29) is 16.9 Å². The Kier molecular flexibility index (Phi) is 4.68. The maximum absolute atomic E-state index is 6.08. The van der Waals surface area contributed by atoms with Gasteiger partial charge < -0.3 is 20.1 Å². The molecule has 4 heteroatoms. The standard InChI is InChI=1S/C24H32N2O2/c1-23(2,3)16-7-9-21-20(12-16)26-18(15-28-21)14-24(4,5)17-6-8-19-22(13-17)27-11-10-25-19/h6-9,12-13,18,25-26H,10-11,14-15H2,1-5H3. The summed E-state index contributed by atoms with van der Waals surface area (Å²) in [4.78, 5) is 0. The third-order valence-electron chi connectivity index (χ3n) is 5.84. The molecule has 2 N–H and O–H groups in total. The zero-order valence-electron chi connectivity index (χ0n) is 17.7. The molecule has 0 saturated heterocycles. The minimum Gasteiger partial charge on any atom is -0.490 e. The highest BCUT2D eigenvalue weighted by atomic mass is 16.5. The number of anilines is 2. The van der Waals surface area contributed by atoms with Crippen LogP contribution in [0.1, 0.15) is 52.2 Å². The largest absolute Gasteiger partial charge is 0.490 e. The average molecular weight is 381 g/mol. The van der Waals surface area contributed by atoms with Crippen molar-refractivity contribution in [1.29, 1.82) is 0 Å². The molecule has 4 nitrogen and oxygen atoms in total. The van der Waals surface area contributed by atoms with Crippen molar-refractivity contribution in [3.8, 4) is 11.5 Å². The van der Waals surface area contributed by atoms with E-state index in [0.717, 1.165) is 42.4 Å². The second kappa shape index (κ2) is 6.91. The van der Waals surface area contributed by atoms with E-state index in [2.05, 4.69) is 81.7 Å². The summed E-state index contributed by atoms with van der Waals surface area (Å²) >= 11 is 0. The molecule has 1 unspecified atom stereocenters. The van der Waals surface area contributed by atoms with Crippen LogP contribution < -0.4 is 20.1 Å². The Hall–Kier alpha value is -2.36. The Bertz CT molecular complexity index is 867. The number of ether oxygens (including phenoxy) is 2. The van der Waals surface area contributed by atoms with Crippen LogP contribution >= 0.6 is 0 Å². The van der Waals surface area contributed by atoms with E-state index in [1.165, 1.54) is 11.1 Å². The first-order valence-electron chi connectivity index (χ1n) is 10.3. The number of hydrogen-bond donors (Lipinski definition) is 2. The lowest BCUT2D eigenvalue weighted by atomic mass is 9.78. The molecule has 28 heavy (non-hydrogen) atoms. The second-order valence-corrected chi connectivity index (χ2v) is 9.69. The minimum atomic E-state index is 0.00993. The molecule has 1 atom stereocenters. The van der Waals surface area contributed by atoms with Gasteiger partial charge in [-0.2, -0.15) is 0 Å². The molecule has 0 saturated carbocycles. The summed E-state index contributed by atoms with van der Waals surface area (Å²) in [6.07, 6.45) is 0.985. The highest BCUT2D eigenvalue weighted by Crippen LogP contribution is 2.39. The van der Waals surface area contributed by atoms with Gasteiger partial charge in [-0.1, -0.05) is 46.8 Å². The van der Waals surface area contributed by atoms with E-state index in [9.17, 15) is 0 Å². The van der Waals surface area contributed by atoms with Crippen LogP contribution in [-0.4, -0.2) is 25.8 Å². The molecule has 2 heterocycles. The predicted molar refractivity (Wildman–Crippen MR) is 116 cm³/mol. The van der Waals surface area contributed by atoms with Crippen LogP contribution in [0.3, 0.4) is 0 Å². The molecule has 0 aromatic heterocycles. The van der Waals surface area contributed by atoms with Gasteiger partial charge in [0.15, 0.2) is 0 Å². The first-order valence-corrected chi connectivity index (χ1v) is 10.3. The molecule has 0 spiro atoms. The zero-order chi connectivity index (χ0) is 19.9. The molecule has 0 amide bonds. The van der Waals surface area contributed by atoms with Crippen molar-refractivity contribution in [3.05, 3.63) is 47.5 Å². The molecule has 2 aromatic carbocycles. The molecule has 150 valence electrons. The molecule has 4 rings (SSSR count). The van der Waals surface area contributed by atoms with Crippen molar-refractivity contribution in [3.63, 3.8) is 0 Å². The van der Waals surface area contributed by atoms with Crippen LogP contribution in [0.25, 0.3) is 0 Å². The van der Waals surface area contributed by atoms with E-state index in [4.69, 9.17) is 9.47 Å². The van der Waals surface area contributed by atoms with Gasteiger partial charge in [0.2, 0.25) is 0 Å². The first-order chi connectivity index (χ1) is 13.2. The minimum absolute atomic E-state index is 0.00993. The number of nitrogens with one attached hydrogen (secondary N) is 2. The summed E-state index contributed by atoms with van der Waals surface area (Å²) in [5.74, 6) is 1.92. The third-order valence-corrected chi connectivity index (χ3v) is 5.84. The summed E-state index contributed by atoms with van der Waals surface area (Å²) in [6, 6.07) is 13.3. The molecule has 0 radical (unpaired) electrons. The number of rotatable bonds is 3. The van der Waals surface area contributed by atoms with Crippen molar-refractivity contribution in [2.24, 2.45) is 0 Å². The van der Waals surface area contributed by atoms with Crippen LogP contribution in [0.15, 0.2) is 36.4 Å². The summed E-state index contributed by atoms with van der Waals surface area (Å²) < 4.78 is 11.9. The van der Waals surface area contributed by atoms with Crippen molar-refractivity contribution in [2.75, 3.05) is 30.4 Å². The van der Waals surface area contributed by atoms with Crippen LogP contribution in [-0.2, 0) is 10.8 Å². The Morgan fingerprint density at radius 3 is 2.46 bits per heavy atom. The van der Waals surface area contributed by atoms with E-state index >= 15 is 0 Å². The van der Waals surface area contributed by atoms with Crippen molar-refractivity contribution in [1.82, 2.24) is 0 Å². The van der Waals surface area contributed by atoms with Crippen molar-refractivity contribution < 1.29 is 9.47 Å². The normalized spacial score (nSPS) is 18.7. The second-order valence-electron chi connectivity index (χ2n) is 9.69. The highest BCUT2D eigenvalue weighted by molar-refractivity contribution is 5.61. The number of hydrogen-bond acceptors (Lipinski definition) is 4. The van der Waals surface area contributed by atoms with Crippen LogP contribution in [0.4, 0.5) is 11.4 Å². The smallest absolute Gasteiger partial charge is 0.142 e. The molecule has 2 aliphatic rings. The SMILES string of the molecule is CC(C)(C)c1ccc2c(c1)NC(CC(C)(C)c1ccc3c(c1)OCCN3)CO2. The Morgan fingerprint density at radius 1 is 0.893 bits per heavy atom. The molecule has 2 aromatic rings. The van der Waals surface area contributed by atoms with E-state index in [0.29, 0.717) is 6.61 Å². The van der Waals surface area contributed by atoms with Crippen molar-refractivity contribution >= 4 is 11.4 Å². The van der Waals surface area contributed by atoms with Crippen LogP contribution in [0, 0.1) is 0 Å². The lowest BCUT2D eigenvalue weighted by molar-refractivity contribution is 0.258. The van der Waals surface area contributed by atoms with E-state index in [1.807, 2.05) is 0 Å². The van der Waals surface area contributed by atoms with E-state index < -0.39 is 0 Å². The summed E-state index contributed by atoms with van der Waals surface area (Å²) in [7, 11) is 0. The maximum Gasteiger partial charge on any atom is 0.142 e. The fourth-order valence-electron chi connectivity index (χ4n) is 4.09. The average Bonchev–Trinajstić information content (AvgIpc) is 2.66. The Morgan fingerprint density at radius 2 is 1.68 bits per heavy atom. The fraction of sp³-hybridized carbons (Fsp3) is 0.500. The fourth-order valence-corrected chi connectivity index (χ4v) is 4.09. The van der Waals surface area contributed by atoms with Gasteiger partial charge in [0.1, 0.15) is 24.7 Å². The Balaban J connectivity index is 1.51. The van der Waals surface area contributed by atoms with Gasteiger partial charge in [0.05, 0.1) is 17.4 Å². The molecular formula is C24H32N2O2. The third kappa shape index (κ3) is 3.78. The van der Waals surface area contributed by atoms with Gasteiger partial charge in [-0.3, -0.25) is 0 Å². The lowest BCUT2D eigenvalue weighted by Gasteiger charge is -2.35. The van der Waals surface area contributed by atoms with Gasteiger partial charge in [0, 0.05) is 6.54 Å². The quantitative estimate of drug-likeness (QED) is 0.755. The van der Waals surface area contributed by atoms with Crippen LogP contribution in [0.2, 0.25) is 0 Å². The Labute approximate surface area is 168 Å². The summed E-state index contributed by atoms with van der Waals surface area (Å²) in [6.45, 7) is 13.6. The van der Waals surface area contributed by atoms with Gasteiger partial charge in [-0.05, 0) is 52.6 Å². The predicted octanol–water partition coefficient (Wildman–Crippen LogP) is 5.33. The molecule has 2 aliphatic heterocycles.